The predicted octanol–water partition coefficient (Wildman–Crippen LogP) is 1.25. The Morgan fingerprint density at radius 1 is 1.64 bits per heavy atom. The minimum atomic E-state index is 0.198. The molecule has 76 valence electrons. The number of nitrogens with two attached hydrogens (primary N) is 1. The molecular formula is C11H17N3. The second kappa shape index (κ2) is 6.29. The molecule has 1 rings (SSSR count). The van der Waals surface area contributed by atoms with Gasteiger partial charge in [-0.25, -0.2) is 0 Å². The number of nitrogens with zero attached hydrogens (tertiary/aromatic N) is 1. The Labute approximate surface area is 85.0 Å². The van der Waals surface area contributed by atoms with Crippen LogP contribution < -0.4 is 11.1 Å². The number of hydrogen-bond donors (Lipinski definition) is 2. The first-order valence-corrected chi connectivity index (χ1v) is 4.82. The van der Waals surface area contributed by atoms with Crippen LogP contribution in [0.25, 0.3) is 0 Å². The van der Waals surface area contributed by atoms with E-state index in [1.54, 1.807) is 6.20 Å². The fraction of sp³-hybridized carbons (Fsp3) is 0.364. The van der Waals surface area contributed by atoms with E-state index in [1.165, 1.54) is 0 Å². The molecule has 14 heavy (non-hydrogen) atoms. The van der Waals surface area contributed by atoms with Gasteiger partial charge in [0.15, 0.2) is 0 Å². The van der Waals surface area contributed by atoms with Crippen LogP contribution in [-0.4, -0.2) is 18.1 Å². The van der Waals surface area contributed by atoms with Crippen LogP contribution in [0.15, 0.2) is 37.2 Å². The van der Waals surface area contributed by atoms with Gasteiger partial charge in [-0.3, -0.25) is 4.98 Å². The Balaban J connectivity index is 2.50. The molecule has 1 unspecified atom stereocenters. The van der Waals surface area contributed by atoms with Crippen LogP contribution in [0, 0.1) is 0 Å². The third kappa shape index (κ3) is 3.28. The Morgan fingerprint density at radius 3 is 3.07 bits per heavy atom. The average molecular weight is 191 g/mol. The molecule has 0 aliphatic heterocycles. The highest BCUT2D eigenvalue weighted by Crippen LogP contribution is 2.08. The summed E-state index contributed by atoms with van der Waals surface area (Å²) in [5.74, 6) is 0. The molecule has 3 nitrogen and oxygen atoms in total. The summed E-state index contributed by atoms with van der Waals surface area (Å²) in [5, 5.41) is 3.35. The molecule has 0 radical (unpaired) electrons. The standard InChI is InChI=1S/C11H17N3/c1-2-3-7-14-11(8-12)10-5-4-6-13-9-10/h2,4-6,9,11,14H,1,3,7-8,12H2. The van der Waals surface area contributed by atoms with Crippen molar-refractivity contribution in [2.24, 2.45) is 5.73 Å². The first-order valence-electron chi connectivity index (χ1n) is 4.82. The highest BCUT2D eigenvalue weighted by atomic mass is 14.9. The van der Waals surface area contributed by atoms with Gasteiger partial charge in [0.1, 0.15) is 0 Å². The summed E-state index contributed by atoms with van der Waals surface area (Å²) in [6, 6.07) is 4.15. The fourth-order valence-corrected chi connectivity index (χ4v) is 1.28. The van der Waals surface area contributed by atoms with E-state index in [-0.39, 0.29) is 6.04 Å². The molecule has 1 heterocycles. The molecule has 1 aromatic rings. The van der Waals surface area contributed by atoms with Crippen LogP contribution in [0.2, 0.25) is 0 Å². The van der Waals surface area contributed by atoms with E-state index < -0.39 is 0 Å². The molecule has 0 aliphatic rings. The van der Waals surface area contributed by atoms with Crippen molar-refractivity contribution in [1.82, 2.24) is 10.3 Å². The largest absolute Gasteiger partial charge is 0.329 e. The maximum atomic E-state index is 5.67. The van der Waals surface area contributed by atoms with Crippen LogP contribution in [0.4, 0.5) is 0 Å². The predicted molar refractivity (Wildman–Crippen MR) is 58.8 cm³/mol. The summed E-state index contributed by atoms with van der Waals surface area (Å²) in [6.07, 6.45) is 6.46. The van der Waals surface area contributed by atoms with Gasteiger partial charge in [0, 0.05) is 25.0 Å². The molecule has 0 bridgehead atoms. The quantitative estimate of drug-likeness (QED) is 0.525. The SMILES string of the molecule is C=CCCNC(CN)c1cccnc1. The van der Waals surface area contributed by atoms with Crippen LogP contribution in [0.5, 0.6) is 0 Å². The highest BCUT2D eigenvalue weighted by Gasteiger charge is 2.06. The third-order valence-corrected chi connectivity index (χ3v) is 2.06. The van der Waals surface area contributed by atoms with E-state index >= 15 is 0 Å². The zero-order chi connectivity index (χ0) is 10.2. The van der Waals surface area contributed by atoms with Crippen LogP contribution in [-0.2, 0) is 0 Å². The van der Waals surface area contributed by atoms with E-state index in [0.717, 1.165) is 18.5 Å². The van der Waals surface area contributed by atoms with E-state index in [4.69, 9.17) is 5.73 Å². The molecule has 0 aliphatic carbocycles. The molecule has 0 amide bonds. The lowest BCUT2D eigenvalue weighted by Crippen LogP contribution is -2.28. The van der Waals surface area contributed by atoms with Gasteiger partial charge in [-0.15, -0.1) is 6.58 Å². The maximum Gasteiger partial charge on any atom is 0.0459 e. The minimum Gasteiger partial charge on any atom is -0.329 e. The van der Waals surface area contributed by atoms with Crippen LogP contribution in [0.1, 0.15) is 18.0 Å². The topological polar surface area (TPSA) is 50.9 Å². The van der Waals surface area contributed by atoms with Gasteiger partial charge >= 0.3 is 0 Å². The molecule has 0 saturated heterocycles. The number of pyridine rings is 1. The monoisotopic (exact) mass is 191 g/mol. The van der Waals surface area contributed by atoms with Crippen LogP contribution >= 0.6 is 0 Å². The second-order valence-electron chi connectivity index (χ2n) is 3.11. The molecule has 1 atom stereocenters. The summed E-state index contributed by atoms with van der Waals surface area (Å²) in [6.45, 7) is 5.16. The summed E-state index contributed by atoms with van der Waals surface area (Å²) < 4.78 is 0. The normalized spacial score (nSPS) is 12.4. The molecule has 0 saturated carbocycles. The van der Waals surface area contributed by atoms with Crippen molar-refractivity contribution < 1.29 is 0 Å². The van der Waals surface area contributed by atoms with E-state index in [1.807, 2.05) is 24.4 Å². The van der Waals surface area contributed by atoms with Crippen molar-refractivity contribution in [3.63, 3.8) is 0 Å². The number of hydrogen-bond acceptors (Lipinski definition) is 3. The summed E-state index contributed by atoms with van der Waals surface area (Å²) in [5.41, 5.74) is 6.81. The van der Waals surface area contributed by atoms with E-state index in [2.05, 4.69) is 16.9 Å². The molecular weight excluding hydrogens is 174 g/mol. The van der Waals surface area contributed by atoms with Gasteiger partial charge < -0.3 is 11.1 Å². The molecule has 3 heteroatoms. The van der Waals surface area contributed by atoms with E-state index in [9.17, 15) is 0 Å². The summed E-state index contributed by atoms with van der Waals surface area (Å²) >= 11 is 0. The molecule has 0 aromatic carbocycles. The van der Waals surface area contributed by atoms with Crippen molar-refractivity contribution in [2.75, 3.05) is 13.1 Å². The van der Waals surface area contributed by atoms with Crippen molar-refractivity contribution in [1.29, 1.82) is 0 Å². The van der Waals surface area contributed by atoms with Gasteiger partial charge in [-0.05, 0) is 24.6 Å². The average Bonchev–Trinajstić information content (AvgIpc) is 2.26. The first kappa shape index (κ1) is 10.9. The summed E-state index contributed by atoms with van der Waals surface area (Å²) in [7, 11) is 0. The molecule has 1 aromatic heterocycles. The van der Waals surface area contributed by atoms with Gasteiger partial charge in [0.25, 0.3) is 0 Å². The smallest absolute Gasteiger partial charge is 0.0459 e. The highest BCUT2D eigenvalue weighted by molar-refractivity contribution is 5.14. The zero-order valence-electron chi connectivity index (χ0n) is 8.32. The zero-order valence-corrected chi connectivity index (χ0v) is 8.32. The Kier molecular flexibility index (Phi) is 4.89. The van der Waals surface area contributed by atoms with Crippen molar-refractivity contribution in [2.45, 2.75) is 12.5 Å². The lowest BCUT2D eigenvalue weighted by atomic mass is 10.1. The molecule has 0 fully saturated rings. The van der Waals surface area contributed by atoms with Gasteiger partial charge in [0.05, 0.1) is 0 Å². The second-order valence-corrected chi connectivity index (χ2v) is 3.11. The lowest BCUT2D eigenvalue weighted by Gasteiger charge is -2.15. The van der Waals surface area contributed by atoms with Crippen molar-refractivity contribution in [3.8, 4) is 0 Å². The Morgan fingerprint density at radius 2 is 2.50 bits per heavy atom. The van der Waals surface area contributed by atoms with Gasteiger partial charge in [-0.1, -0.05) is 12.1 Å². The fourth-order valence-electron chi connectivity index (χ4n) is 1.28. The molecule has 0 spiro atoms. The Bertz CT molecular complexity index is 258. The first-order chi connectivity index (χ1) is 6.88. The minimum absolute atomic E-state index is 0.198. The Hall–Kier alpha value is -1.19. The van der Waals surface area contributed by atoms with E-state index in [0.29, 0.717) is 6.54 Å². The lowest BCUT2D eigenvalue weighted by molar-refractivity contribution is 0.547. The number of rotatable bonds is 6. The maximum absolute atomic E-state index is 5.67. The van der Waals surface area contributed by atoms with Gasteiger partial charge in [0.2, 0.25) is 0 Å². The number of nitrogens with one attached hydrogen (secondary N) is 1. The molecule has 3 N–H and O–H groups in total. The van der Waals surface area contributed by atoms with Crippen molar-refractivity contribution >= 4 is 0 Å². The number of aromatic nitrogens is 1. The summed E-state index contributed by atoms with van der Waals surface area (Å²) in [4.78, 5) is 4.07. The van der Waals surface area contributed by atoms with Crippen LogP contribution in [0.3, 0.4) is 0 Å². The van der Waals surface area contributed by atoms with Gasteiger partial charge in [-0.2, -0.15) is 0 Å². The third-order valence-electron chi connectivity index (χ3n) is 2.06. The van der Waals surface area contributed by atoms with Crippen molar-refractivity contribution in [3.05, 3.63) is 42.7 Å².